The molecule has 0 N–H and O–H groups in total. The largest absolute Gasteiger partial charge is 0.453 e. The van der Waals surface area contributed by atoms with Crippen molar-refractivity contribution in [2.45, 2.75) is 33.1 Å². The van der Waals surface area contributed by atoms with Crippen LogP contribution < -0.4 is 14.5 Å². The summed E-state index contributed by atoms with van der Waals surface area (Å²) < 4.78 is 5.46. The number of amides is 1. The summed E-state index contributed by atoms with van der Waals surface area (Å²) in [5, 5.41) is 0. The van der Waals surface area contributed by atoms with Crippen molar-refractivity contribution in [1.29, 1.82) is 0 Å². The highest BCUT2D eigenvalue weighted by Gasteiger charge is 2.24. The standard InChI is InChI=1S/C21H29N7O2/c1-16-6-7-22-21(23-16)30-15-20(29)28-12-10-27(11-13-28)19-14-18(24-17(2)25-19)26-8-4-3-5-9-26/h6-7,14H,3-5,8-13,15H2,1-2H3. The van der Waals surface area contributed by atoms with Gasteiger partial charge >= 0.3 is 6.01 Å². The van der Waals surface area contributed by atoms with E-state index in [9.17, 15) is 4.79 Å². The van der Waals surface area contributed by atoms with Crippen LogP contribution in [0.3, 0.4) is 0 Å². The molecule has 9 nitrogen and oxygen atoms in total. The second-order valence-corrected chi connectivity index (χ2v) is 7.82. The summed E-state index contributed by atoms with van der Waals surface area (Å²) in [6.07, 6.45) is 5.36. The molecule has 0 saturated carbocycles. The number of aryl methyl sites for hydroxylation is 2. The molecule has 2 saturated heterocycles. The first-order valence-corrected chi connectivity index (χ1v) is 10.6. The topological polar surface area (TPSA) is 87.6 Å². The van der Waals surface area contributed by atoms with E-state index in [0.717, 1.165) is 49.3 Å². The van der Waals surface area contributed by atoms with E-state index in [-0.39, 0.29) is 18.5 Å². The fraction of sp³-hybridized carbons (Fsp3) is 0.571. The molecular weight excluding hydrogens is 382 g/mol. The molecule has 2 aliphatic heterocycles. The number of aromatic nitrogens is 4. The van der Waals surface area contributed by atoms with Crippen LogP contribution in [0.1, 0.15) is 30.8 Å². The molecule has 4 heterocycles. The number of hydrogen-bond acceptors (Lipinski definition) is 8. The number of carbonyl (C=O) groups excluding carboxylic acids is 1. The van der Waals surface area contributed by atoms with Crippen molar-refractivity contribution in [2.24, 2.45) is 0 Å². The molecule has 0 radical (unpaired) electrons. The van der Waals surface area contributed by atoms with Gasteiger partial charge in [0.05, 0.1) is 0 Å². The second kappa shape index (κ2) is 9.23. The lowest BCUT2D eigenvalue weighted by molar-refractivity contribution is -0.133. The first kappa shape index (κ1) is 20.3. The molecular formula is C21H29N7O2. The summed E-state index contributed by atoms with van der Waals surface area (Å²) in [6, 6.07) is 4.12. The van der Waals surface area contributed by atoms with Crippen LogP contribution >= 0.6 is 0 Å². The maximum atomic E-state index is 12.5. The summed E-state index contributed by atoms with van der Waals surface area (Å²) in [5.41, 5.74) is 0.810. The molecule has 4 rings (SSSR count). The number of rotatable bonds is 5. The molecule has 2 fully saturated rings. The van der Waals surface area contributed by atoms with Gasteiger partial charge < -0.3 is 19.4 Å². The average Bonchev–Trinajstić information content (AvgIpc) is 2.78. The summed E-state index contributed by atoms with van der Waals surface area (Å²) in [7, 11) is 0. The van der Waals surface area contributed by atoms with Crippen molar-refractivity contribution >= 4 is 17.5 Å². The Morgan fingerprint density at radius 1 is 0.933 bits per heavy atom. The summed E-state index contributed by atoms with van der Waals surface area (Å²) in [5.74, 6) is 2.70. The second-order valence-electron chi connectivity index (χ2n) is 7.82. The van der Waals surface area contributed by atoms with Gasteiger partial charge in [0.15, 0.2) is 6.61 Å². The number of nitrogens with zero attached hydrogens (tertiary/aromatic N) is 7. The highest BCUT2D eigenvalue weighted by Crippen LogP contribution is 2.23. The van der Waals surface area contributed by atoms with Crippen molar-refractivity contribution in [3.05, 3.63) is 29.8 Å². The van der Waals surface area contributed by atoms with E-state index in [4.69, 9.17) is 4.74 Å². The van der Waals surface area contributed by atoms with Crippen molar-refractivity contribution in [1.82, 2.24) is 24.8 Å². The van der Waals surface area contributed by atoms with Gasteiger partial charge in [0.25, 0.3) is 5.91 Å². The number of hydrogen-bond donors (Lipinski definition) is 0. The normalized spacial score (nSPS) is 17.2. The molecule has 9 heteroatoms. The van der Waals surface area contributed by atoms with E-state index in [1.54, 1.807) is 12.3 Å². The Labute approximate surface area is 177 Å². The van der Waals surface area contributed by atoms with Crippen LogP contribution in [-0.4, -0.2) is 76.6 Å². The smallest absolute Gasteiger partial charge is 0.317 e. The van der Waals surface area contributed by atoms with Gasteiger partial charge in [-0.3, -0.25) is 4.79 Å². The van der Waals surface area contributed by atoms with Gasteiger partial charge in [-0.1, -0.05) is 0 Å². The Balaban J connectivity index is 1.32. The SMILES string of the molecule is Cc1ccnc(OCC(=O)N2CCN(c3cc(N4CCCCC4)nc(C)n3)CC2)n1. The predicted molar refractivity (Wildman–Crippen MR) is 114 cm³/mol. The van der Waals surface area contributed by atoms with Crippen LogP contribution in [0.15, 0.2) is 18.3 Å². The predicted octanol–water partition coefficient (Wildman–Crippen LogP) is 1.60. The van der Waals surface area contributed by atoms with Gasteiger partial charge in [-0.05, 0) is 39.2 Å². The van der Waals surface area contributed by atoms with Crippen LogP contribution in [-0.2, 0) is 4.79 Å². The molecule has 0 aromatic carbocycles. The Bertz CT molecular complexity index is 877. The van der Waals surface area contributed by atoms with Gasteiger partial charge in [0.1, 0.15) is 17.5 Å². The van der Waals surface area contributed by atoms with Crippen LogP contribution in [0.25, 0.3) is 0 Å². The number of anilines is 2. The minimum absolute atomic E-state index is 0.0465. The number of ether oxygens (including phenoxy) is 1. The minimum Gasteiger partial charge on any atom is -0.453 e. The minimum atomic E-state index is -0.0485. The third-order valence-corrected chi connectivity index (χ3v) is 5.54. The lowest BCUT2D eigenvalue weighted by Crippen LogP contribution is -2.50. The summed E-state index contributed by atoms with van der Waals surface area (Å²) in [4.78, 5) is 36.4. The first-order valence-electron chi connectivity index (χ1n) is 10.6. The Morgan fingerprint density at radius 3 is 2.27 bits per heavy atom. The van der Waals surface area contributed by atoms with Crippen LogP contribution in [0.5, 0.6) is 6.01 Å². The molecule has 2 aromatic heterocycles. The van der Waals surface area contributed by atoms with Crippen molar-refractivity contribution in [3.63, 3.8) is 0 Å². The van der Waals surface area contributed by atoms with Crippen LogP contribution in [0.4, 0.5) is 11.6 Å². The van der Waals surface area contributed by atoms with Gasteiger partial charge in [-0.2, -0.15) is 0 Å². The average molecular weight is 412 g/mol. The van der Waals surface area contributed by atoms with E-state index < -0.39 is 0 Å². The Kier molecular flexibility index (Phi) is 6.25. The third kappa shape index (κ3) is 4.95. The molecule has 0 aliphatic carbocycles. The van der Waals surface area contributed by atoms with Gasteiger partial charge in [0, 0.05) is 57.2 Å². The Hall–Kier alpha value is -2.97. The van der Waals surface area contributed by atoms with E-state index >= 15 is 0 Å². The zero-order chi connectivity index (χ0) is 20.9. The molecule has 0 spiro atoms. The maximum absolute atomic E-state index is 12.5. The third-order valence-electron chi connectivity index (χ3n) is 5.54. The monoisotopic (exact) mass is 411 g/mol. The molecule has 0 bridgehead atoms. The Morgan fingerprint density at radius 2 is 1.60 bits per heavy atom. The van der Waals surface area contributed by atoms with Crippen molar-refractivity contribution in [2.75, 3.05) is 55.7 Å². The molecule has 30 heavy (non-hydrogen) atoms. The highest BCUT2D eigenvalue weighted by molar-refractivity contribution is 5.78. The van der Waals surface area contributed by atoms with E-state index in [2.05, 4.69) is 35.8 Å². The van der Waals surface area contributed by atoms with Gasteiger partial charge in [-0.25, -0.2) is 19.9 Å². The first-order chi connectivity index (χ1) is 14.6. The summed E-state index contributed by atoms with van der Waals surface area (Å²) in [6.45, 7) is 8.63. The zero-order valence-electron chi connectivity index (χ0n) is 17.8. The zero-order valence-corrected chi connectivity index (χ0v) is 17.8. The lowest BCUT2D eigenvalue weighted by atomic mass is 10.1. The maximum Gasteiger partial charge on any atom is 0.317 e. The molecule has 0 unspecified atom stereocenters. The highest BCUT2D eigenvalue weighted by atomic mass is 16.5. The molecule has 2 aliphatic rings. The van der Waals surface area contributed by atoms with Crippen LogP contribution in [0, 0.1) is 13.8 Å². The quantitative estimate of drug-likeness (QED) is 0.733. The molecule has 0 atom stereocenters. The summed E-state index contributed by atoms with van der Waals surface area (Å²) >= 11 is 0. The molecule has 2 aromatic rings. The van der Waals surface area contributed by atoms with Crippen LogP contribution in [0.2, 0.25) is 0 Å². The number of carbonyl (C=O) groups is 1. The van der Waals surface area contributed by atoms with Gasteiger partial charge in [-0.15, -0.1) is 0 Å². The van der Waals surface area contributed by atoms with E-state index in [1.165, 1.54) is 19.3 Å². The van der Waals surface area contributed by atoms with E-state index in [1.807, 2.05) is 18.7 Å². The lowest BCUT2D eigenvalue weighted by Gasteiger charge is -2.36. The number of piperazine rings is 1. The van der Waals surface area contributed by atoms with E-state index in [0.29, 0.717) is 13.1 Å². The van der Waals surface area contributed by atoms with Crippen molar-refractivity contribution < 1.29 is 9.53 Å². The number of piperidine rings is 1. The fourth-order valence-electron chi connectivity index (χ4n) is 3.88. The molecule has 1 amide bonds. The fourth-order valence-corrected chi connectivity index (χ4v) is 3.88. The van der Waals surface area contributed by atoms with Crippen molar-refractivity contribution in [3.8, 4) is 6.01 Å². The van der Waals surface area contributed by atoms with Gasteiger partial charge in [0.2, 0.25) is 0 Å². The molecule has 160 valence electrons.